The first-order valence-electron chi connectivity index (χ1n) is 5.75. The summed E-state index contributed by atoms with van der Waals surface area (Å²) in [4.78, 5) is 23.2. The molecule has 4 heteroatoms. The van der Waals surface area contributed by atoms with Crippen LogP contribution in [0.4, 0.5) is 0 Å². The first kappa shape index (κ1) is 12.4. The van der Waals surface area contributed by atoms with Crippen molar-refractivity contribution in [1.29, 1.82) is 0 Å². The van der Waals surface area contributed by atoms with Gasteiger partial charge in [-0.1, -0.05) is 11.6 Å². The lowest BCUT2D eigenvalue weighted by molar-refractivity contribution is -0.137. The van der Waals surface area contributed by atoms with E-state index in [0.717, 1.165) is 10.9 Å². The van der Waals surface area contributed by atoms with Crippen LogP contribution in [0.3, 0.4) is 0 Å². The molecule has 2 rings (SSSR count). The molecule has 0 saturated carbocycles. The second kappa shape index (κ2) is 4.64. The van der Waals surface area contributed by atoms with E-state index < -0.39 is 11.8 Å². The number of benzene rings is 1. The zero-order valence-corrected chi connectivity index (χ0v) is 10.6. The summed E-state index contributed by atoms with van der Waals surface area (Å²) < 4.78 is 10.1. The molecule has 1 aromatic heterocycles. The van der Waals surface area contributed by atoms with Crippen molar-refractivity contribution in [3.63, 3.8) is 0 Å². The van der Waals surface area contributed by atoms with Crippen LogP contribution >= 0.6 is 0 Å². The van der Waals surface area contributed by atoms with Crippen molar-refractivity contribution in [1.82, 2.24) is 0 Å². The minimum Gasteiger partial charge on any atom is -0.460 e. The van der Waals surface area contributed by atoms with Gasteiger partial charge in [0.25, 0.3) is 0 Å². The highest BCUT2D eigenvalue weighted by Gasteiger charge is 2.25. The van der Waals surface area contributed by atoms with Crippen molar-refractivity contribution in [2.24, 2.45) is 0 Å². The Bertz CT molecular complexity index is 622. The number of esters is 1. The van der Waals surface area contributed by atoms with Gasteiger partial charge in [0.05, 0.1) is 6.61 Å². The van der Waals surface area contributed by atoms with Gasteiger partial charge in [0, 0.05) is 10.9 Å². The highest BCUT2D eigenvalue weighted by Crippen LogP contribution is 2.26. The SMILES string of the molecule is CCOC(=O)C(=O)c1oc2ccc(C)cc2c1C. The van der Waals surface area contributed by atoms with Gasteiger partial charge < -0.3 is 9.15 Å². The Morgan fingerprint density at radius 2 is 2.00 bits per heavy atom. The molecule has 4 nitrogen and oxygen atoms in total. The van der Waals surface area contributed by atoms with Crippen molar-refractivity contribution in [2.75, 3.05) is 6.61 Å². The number of ether oxygens (including phenoxy) is 1. The number of carbonyl (C=O) groups is 2. The maximum atomic E-state index is 11.8. The van der Waals surface area contributed by atoms with E-state index in [1.165, 1.54) is 0 Å². The van der Waals surface area contributed by atoms with Crippen LogP contribution in [-0.2, 0) is 9.53 Å². The predicted molar refractivity (Wildman–Crippen MR) is 66.7 cm³/mol. The largest absolute Gasteiger partial charge is 0.460 e. The Hall–Kier alpha value is -2.10. The number of fused-ring (bicyclic) bond motifs is 1. The van der Waals surface area contributed by atoms with E-state index in [1.54, 1.807) is 19.9 Å². The molecular formula is C14H14O4. The molecular weight excluding hydrogens is 232 g/mol. The average molecular weight is 246 g/mol. The Labute approximate surface area is 105 Å². The maximum absolute atomic E-state index is 11.8. The molecule has 94 valence electrons. The van der Waals surface area contributed by atoms with E-state index in [2.05, 4.69) is 4.74 Å². The van der Waals surface area contributed by atoms with E-state index in [9.17, 15) is 9.59 Å². The van der Waals surface area contributed by atoms with Gasteiger partial charge in [0.1, 0.15) is 5.58 Å². The summed E-state index contributed by atoms with van der Waals surface area (Å²) in [5, 5.41) is 0.850. The van der Waals surface area contributed by atoms with E-state index in [0.29, 0.717) is 11.1 Å². The number of aryl methyl sites for hydroxylation is 2. The van der Waals surface area contributed by atoms with Gasteiger partial charge in [0.2, 0.25) is 0 Å². The molecule has 0 radical (unpaired) electrons. The summed E-state index contributed by atoms with van der Waals surface area (Å²) >= 11 is 0. The first-order chi connectivity index (χ1) is 8.54. The number of rotatable bonds is 3. The highest BCUT2D eigenvalue weighted by atomic mass is 16.5. The Morgan fingerprint density at radius 3 is 2.67 bits per heavy atom. The topological polar surface area (TPSA) is 56.5 Å². The molecule has 18 heavy (non-hydrogen) atoms. The molecule has 0 fully saturated rings. The third-order valence-corrected chi connectivity index (χ3v) is 2.76. The van der Waals surface area contributed by atoms with Crippen molar-refractivity contribution in [2.45, 2.75) is 20.8 Å². The summed E-state index contributed by atoms with van der Waals surface area (Å²) in [6.45, 7) is 5.54. The van der Waals surface area contributed by atoms with Gasteiger partial charge in [-0.15, -0.1) is 0 Å². The zero-order valence-electron chi connectivity index (χ0n) is 10.6. The smallest absolute Gasteiger partial charge is 0.383 e. The van der Waals surface area contributed by atoms with Crippen LogP contribution in [0.15, 0.2) is 22.6 Å². The fourth-order valence-electron chi connectivity index (χ4n) is 1.84. The van der Waals surface area contributed by atoms with E-state index in [1.807, 2.05) is 19.1 Å². The summed E-state index contributed by atoms with van der Waals surface area (Å²) in [5.74, 6) is -1.55. The number of furan rings is 1. The molecule has 0 saturated heterocycles. The molecule has 0 bridgehead atoms. The third-order valence-electron chi connectivity index (χ3n) is 2.76. The van der Waals surface area contributed by atoms with Crippen LogP contribution in [0.2, 0.25) is 0 Å². The highest BCUT2D eigenvalue weighted by molar-refractivity contribution is 6.40. The van der Waals surface area contributed by atoms with Crippen LogP contribution in [0.25, 0.3) is 11.0 Å². The number of Topliss-reactive ketones (excluding diaryl/α,β-unsaturated/α-hetero) is 1. The summed E-state index contributed by atoms with van der Waals surface area (Å²) in [5.41, 5.74) is 2.35. The monoisotopic (exact) mass is 246 g/mol. The molecule has 0 unspecified atom stereocenters. The van der Waals surface area contributed by atoms with Gasteiger partial charge >= 0.3 is 11.8 Å². The van der Waals surface area contributed by atoms with Gasteiger partial charge in [-0.05, 0) is 32.9 Å². The lowest BCUT2D eigenvalue weighted by Crippen LogP contribution is -2.17. The van der Waals surface area contributed by atoms with E-state index >= 15 is 0 Å². The molecule has 0 aliphatic heterocycles. The quantitative estimate of drug-likeness (QED) is 0.474. The molecule has 0 amide bonds. The van der Waals surface area contributed by atoms with Crippen molar-refractivity contribution < 1.29 is 18.7 Å². The molecule has 0 spiro atoms. The Morgan fingerprint density at radius 1 is 1.28 bits per heavy atom. The molecule has 0 aliphatic carbocycles. The van der Waals surface area contributed by atoms with Crippen LogP contribution in [0.5, 0.6) is 0 Å². The lowest BCUT2D eigenvalue weighted by Gasteiger charge is -1.98. The van der Waals surface area contributed by atoms with Crippen molar-refractivity contribution >= 4 is 22.7 Å². The first-order valence-corrected chi connectivity index (χ1v) is 5.75. The van der Waals surface area contributed by atoms with Crippen LogP contribution in [0.1, 0.15) is 28.6 Å². The second-order valence-corrected chi connectivity index (χ2v) is 4.11. The Balaban J connectivity index is 2.49. The van der Waals surface area contributed by atoms with Gasteiger partial charge in [-0.3, -0.25) is 4.79 Å². The fraction of sp³-hybridized carbons (Fsp3) is 0.286. The number of ketones is 1. The predicted octanol–water partition coefficient (Wildman–Crippen LogP) is 2.80. The number of carbonyl (C=O) groups excluding carboxylic acids is 2. The molecule has 0 aliphatic rings. The van der Waals surface area contributed by atoms with Gasteiger partial charge in [-0.25, -0.2) is 4.79 Å². The lowest BCUT2D eigenvalue weighted by atomic mass is 10.1. The average Bonchev–Trinajstić information content (AvgIpc) is 2.66. The minimum atomic E-state index is -0.878. The molecule has 1 heterocycles. The van der Waals surface area contributed by atoms with E-state index in [-0.39, 0.29) is 12.4 Å². The second-order valence-electron chi connectivity index (χ2n) is 4.11. The van der Waals surface area contributed by atoms with Gasteiger partial charge in [-0.2, -0.15) is 0 Å². The third kappa shape index (κ3) is 2.01. The van der Waals surface area contributed by atoms with Crippen molar-refractivity contribution in [3.05, 3.63) is 35.1 Å². The van der Waals surface area contributed by atoms with Crippen LogP contribution in [-0.4, -0.2) is 18.4 Å². The molecule has 0 N–H and O–H groups in total. The Kier molecular flexibility index (Phi) is 3.19. The molecule has 1 aromatic carbocycles. The fourth-order valence-corrected chi connectivity index (χ4v) is 1.84. The molecule has 2 aromatic rings. The van der Waals surface area contributed by atoms with Crippen LogP contribution in [0, 0.1) is 13.8 Å². The summed E-state index contributed by atoms with van der Waals surface area (Å²) in [7, 11) is 0. The normalized spacial score (nSPS) is 10.6. The standard InChI is InChI=1S/C14H14O4/c1-4-17-14(16)12(15)13-9(3)10-7-8(2)5-6-11(10)18-13/h5-7H,4H2,1-3H3. The zero-order chi connectivity index (χ0) is 13.3. The number of hydrogen-bond donors (Lipinski definition) is 0. The number of hydrogen-bond acceptors (Lipinski definition) is 4. The summed E-state index contributed by atoms with van der Waals surface area (Å²) in [6.07, 6.45) is 0. The van der Waals surface area contributed by atoms with Gasteiger partial charge in [0.15, 0.2) is 5.76 Å². The maximum Gasteiger partial charge on any atom is 0.383 e. The van der Waals surface area contributed by atoms with Crippen molar-refractivity contribution in [3.8, 4) is 0 Å². The summed E-state index contributed by atoms with van der Waals surface area (Å²) in [6, 6.07) is 5.61. The van der Waals surface area contributed by atoms with E-state index in [4.69, 9.17) is 4.42 Å². The van der Waals surface area contributed by atoms with Crippen LogP contribution < -0.4 is 0 Å². The molecule has 0 atom stereocenters. The minimum absolute atomic E-state index is 0.0639.